The Labute approximate surface area is 126 Å². The number of benzene rings is 1. The van der Waals surface area contributed by atoms with Gasteiger partial charge in [-0.3, -0.25) is 0 Å². The third-order valence-corrected chi connectivity index (χ3v) is 5.14. The Bertz CT molecular complexity index is 503. The molecule has 3 heteroatoms. The molecule has 2 atom stereocenters. The fraction of sp³-hybridized carbons (Fsp3) is 0.333. The van der Waals surface area contributed by atoms with E-state index in [1.807, 2.05) is 23.6 Å². The van der Waals surface area contributed by atoms with Crippen molar-refractivity contribution in [1.29, 1.82) is 0 Å². The van der Waals surface area contributed by atoms with Gasteiger partial charge >= 0.3 is 0 Å². The number of thiophene rings is 1. The maximum Gasteiger partial charge on any atom is 0.105 e. The molecule has 0 aliphatic carbocycles. The summed E-state index contributed by atoms with van der Waals surface area (Å²) in [6, 6.07) is 10.4. The van der Waals surface area contributed by atoms with Crippen molar-refractivity contribution in [3.8, 4) is 0 Å². The molecule has 0 bridgehead atoms. The van der Waals surface area contributed by atoms with Gasteiger partial charge in [0.1, 0.15) is 6.10 Å². The first-order valence-electron chi connectivity index (χ1n) is 6.13. The summed E-state index contributed by atoms with van der Waals surface area (Å²) in [7, 11) is 0. The smallest absolute Gasteiger partial charge is 0.105 e. The van der Waals surface area contributed by atoms with Gasteiger partial charge in [0.15, 0.2) is 0 Å². The lowest BCUT2D eigenvalue weighted by atomic mass is 9.95. The molecule has 0 saturated heterocycles. The third-order valence-electron chi connectivity index (χ3n) is 3.34. The van der Waals surface area contributed by atoms with Gasteiger partial charge in [-0.15, -0.1) is 11.3 Å². The number of hydrogen-bond donors (Lipinski definition) is 1. The van der Waals surface area contributed by atoms with Gasteiger partial charge < -0.3 is 5.11 Å². The van der Waals surface area contributed by atoms with E-state index in [9.17, 15) is 5.11 Å². The van der Waals surface area contributed by atoms with Crippen LogP contribution in [0.2, 0.25) is 0 Å². The minimum absolute atomic E-state index is 0.504. The Kier molecular flexibility index (Phi) is 4.81. The van der Waals surface area contributed by atoms with E-state index in [0.717, 1.165) is 17.5 Å². The first kappa shape index (κ1) is 14.0. The quantitative estimate of drug-likeness (QED) is 0.754. The largest absolute Gasteiger partial charge is 0.384 e. The molecular formula is C15H17IOS. The van der Waals surface area contributed by atoms with Crippen LogP contribution in [-0.2, 0) is 0 Å². The topological polar surface area (TPSA) is 20.2 Å². The van der Waals surface area contributed by atoms with Gasteiger partial charge in [0.05, 0.1) is 2.88 Å². The molecule has 1 nitrogen and oxygen atoms in total. The molecule has 1 aromatic heterocycles. The monoisotopic (exact) mass is 372 g/mol. The van der Waals surface area contributed by atoms with Crippen LogP contribution < -0.4 is 0 Å². The zero-order chi connectivity index (χ0) is 13.1. The van der Waals surface area contributed by atoms with Crippen molar-refractivity contribution >= 4 is 33.9 Å². The van der Waals surface area contributed by atoms with Crippen LogP contribution in [-0.4, -0.2) is 5.11 Å². The second-order valence-electron chi connectivity index (χ2n) is 4.56. The van der Waals surface area contributed by atoms with Crippen molar-refractivity contribution in [2.24, 2.45) is 0 Å². The average Bonchev–Trinajstić information content (AvgIpc) is 2.84. The van der Waals surface area contributed by atoms with Crippen LogP contribution in [0.4, 0.5) is 0 Å². The Morgan fingerprint density at radius 1 is 1.17 bits per heavy atom. The van der Waals surface area contributed by atoms with E-state index in [1.54, 1.807) is 11.3 Å². The Balaban J connectivity index is 2.19. The minimum atomic E-state index is -0.504. The highest BCUT2D eigenvalue weighted by atomic mass is 127. The molecule has 0 fully saturated rings. The fourth-order valence-corrected chi connectivity index (χ4v) is 3.29. The summed E-state index contributed by atoms with van der Waals surface area (Å²) in [5.41, 5.74) is 3.30. The molecule has 2 unspecified atom stereocenters. The molecule has 2 aromatic rings. The van der Waals surface area contributed by atoms with E-state index in [0.29, 0.717) is 5.92 Å². The first-order chi connectivity index (χ1) is 8.61. The Hall–Kier alpha value is -0.390. The van der Waals surface area contributed by atoms with E-state index < -0.39 is 6.10 Å². The molecule has 0 saturated carbocycles. The van der Waals surface area contributed by atoms with Crippen LogP contribution in [0.5, 0.6) is 0 Å². The lowest BCUT2D eigenvalue weighted by Crippen LogP contribution is -1.99. The molecule has 0 amide bonds. The molecule has 96 valence electrons. The third kappa shape index (κ3) is 3.13. The first-order valence-corrected chi connectivity index (χ1v) is 8.09. The van der Waals surface area contributed by atoms with Gasteiger partial charge in [-0.1, -0.05) is 38.1 Å². The summed E-state index contributed by atoms with van der Waals surface area (Å²) in [5.74, 6) is 0.582. The zero-order valence-corrected chi connectivity index (χ0v) is 13.5. The fourth-order valence-electron chi connectivity index (χ4n) is 1.90. The summed E-state index contributed by atoms with van der Waals surface area (Å²) >= 11 is 3.95. The SMILES string of the molecule is CCC(C)c1ccc(C(O)c2csc(I)c2)cc1. The van der Waals surface area contributed by atoms with Crippen molar-refractivity contribution in [1.82, 2.24) is 0 Å². The molecule has 1 aromatic carbocycles. The number of halogens is 1. The van der Waals surface area contributed by atoms with E-state index >= 15 is 0 Å². The van der Waals surface area contributed by atoms with Crippen LogP contribution in [0.15, 0.2) is 35.7 Å². The van der Waals surface area contributed by atoms with E-state index in [4.69, 9.17) is 0 Å². The molecular weight excluding hydrogens is 355 g/mol. The van der Waals surface area contributed by atoms with Crippen molar-refractivity contribution in [3.05, 3.63) is 55.3 Å². The number of rotatable bonds is 4. The lowest BCUT2D eigenvalue weighted by molar-refractivity contribution is 0.221. The van der Waals surface area contributed by atoms with Crippen LogP contribution >= 0.6 is 33.9 Å². The summed E-state index contributed by atoms with van der Waals surface area (Å²) in [6.45, 7) is 4.42. The summed E-state index contributed by atoms with van der Waals surface area (Å²) < 4.78 is 1.21. The second-order valence-corrected chi connectivity index (χ2v) is 7.37. The van der Waals surface area contributed by atoms with Gasteiger partial charge in [-0.2, -0.15) is 0 Å². The number of aliphatic hydroxyl groups is 1. The molecule has 2 rings (SSSR count). The second kappa shape index (κ2) is 6.17. The minimum Gasteiger partial charge on any atom is -0.384 e. The predicted octanol–water partition coefficient (Wildman–Crippen LogP) is 4.95. The van der Waals surface area contributed by atoms with Crippen molar-refractivity contribution < 1.29 is 5.11 Å². The molecule has 0 radical (unpaired) electrons. The molecule has 0 aliphatic rings. The normalized spacial score (nSPS) is 14.4. The standard InChI is InChI=1S/C15H17IOS/c1-3-10(2)11-4-6-12(7-5-11)15(17)13-8-14(16)18-9-13/h4-10,15,17H,3H2,1-2H3. The lowest BCUT2D eigenvalue weighted by Gasteiger charge is -2.12. The molecule has 1 N–H and O–H groups in total. The van der Waals surface area contributed by atoms with Gasteiger partial charge in [0.25, 0.3) is 0 Å². The maximum atomic E-state index is 10.3. The highest BCUT2D eigenvalue weighted by Gasteiger charge is 2.12. The number of aliphatic hydroxyl groups excluding tert-OH is 1. The highest BCUT2D eigenvalue weighted by Crippen LogP contribution is 2.28. The average molecular weight is 372 g/mol. The van der Waals surface area contributed by atoms with E-state index in [1.165, 1.54) is 8.45 Å². The zero-order valence-electron chi connectivity index (χ0n) is 10.6. The molecule has 1 heterocycles. The predicted molar refractivity (Wildman–Crippen MR) is 86.2 cm³/mol. The van der Waals surface area contributed by atoms with Crippen molar-refractivity contribution in [2.75, 3.05) is 0 Å². The van der Waals surface area contributed by atoms with Crippen LogP contribution in [0, 0.1) is 2.88 Å². The number of hydrogen-bond acceptors (Lipinski definition) is 2. The molecule has 18 heavy (non-hydrogen) atoms. The van der Waals surface area contributed by atoms with E-state index in [2.05, 4.69) is 48.6 Å². The van der Waals surface area contributed by atoms with Crippen LogP contribution in [0.25, 0.3) is 0 Å². The molecule has 0 aliphatic heterocycles. The van der Waals surface area contributed by atoms with E-state index in [-0.39, 0.29) is 0 Å². The Morgan fingerprint density at radius 2 is 1.78 bits per heavy atom. The van der Waals surface area contributed by atoms with Gasteiger partial charge in [0, 0.05) is 0 Å². The Morgan fingerprint density at radius 3 is 2.28 bits per heavy atom. The highest BCUT2D eigenvalue weighted by molar-refractivity contribution is 14.1. The van der Waals surface area contributed by atoms with Gasteiger partial charge in [0.2, 0.25) is 0 Å². The van der Waals surface area contributed by atoms with Crippen LogP contribution in [0.3, 0.4) is 0 Å². The van der Waals surface area contributed by atoms with Crippen LogP contribution in [0.1, 0.15) is 49.0 Å². The van der Waals surface area contributed by atoms with Crippen molar-refractivity contribution in [3.63, 3.8) is 0 Å². The van der Waals surface area contributed by atoms with Crippen molar-refractivity contribution in [2.45, 2.75) is 32.3 Å². The molecule has 0 spiro atoms. The van der Waals surface area contributed by atoms with Gasteiger partial charge in [-0.25, -0.2) is 0 Å². The van der Waals surface area contributed by atoms with Gasteiger partial charge in [-0.05, 0) is 63.1 Å². The maximum absolute atomic E-state index is 10.3. The summed E-state index contributed by atoms with van der Waals surface area (Å²) in [5, 5.41) is 12.3. The summed E-state index contributed by atoms with van der Waals surface area (Å²) in [6.07, 6.45) is 0.640. The summed E-state index contributed by atoms with van der Waals surface area (Å²) in [4.78, 5) is 0.